The molecule has 1 aromatic carbocycles. The number of thiazole rings is 1. The fourth-order valence-corrected chi connectivity index (χ4v) is 1.77. The van der Waals surface area contributed by atoms with Crippen LogP contribution in [0.25, 0.3) is 10.6 Å². The molecular weight excluding hydrogens is 185 g/mol. The lowest BCUT2D eigenvalue weighted by atomic mass is 10.2. The van der Waals surface area contributed by atoms with E-state index in [-0.39, 0.29) is 5.82 Å². The van der Waals surface area contributed by atoms with Gasteiger partial charge in [-0.15, -0.1) is 11.3 Å². The molecule has 0 saturated carbocycles. The third-order valence-electron chi connectivity index (χ3n) is 1.64. The Morgan fingerprint density at radius 1 is 1.23 bits per heavy atom. The number of benzene rings is 1. The van der Waals surface area contributed by atoms with Crippen LogP contribution in [-0.2, 0) is 0 Å². The second-order valence-electron chi connectivity index (χ2n) is 2.65. The first-order chi connectivity index (χ1) is 6.25. The van der Waals surface area contributed by atoms with Gasteiger partial charge < -0.3 is 0 Å². The van der Waals surface area contributed by atoms with Crippen LogP contribution in [0.1, 0.15) is 5.69 Å². The molecule has 1 nitrogen and oxygen atoms in total. The smallest absolute Gasteiger partial charge is 0.123 e. The predicted molar refractivity (Wildman–Crippen MR) is 52.0 cm³/mol. The molecule has 0 N–H and O–H groups in total. The van der Waals surface area contributed by atoms with Crippen LogP contribution in [0.4, 0.5) is 4.39 Å². The summed E-state index contributed by atoms with van der Waals surface area (Å²) in [7, 11) is 0. The summed E-state index contributed by atoms with van der Waals surface area (Å²) >= 11 is 1.51. The van der Waals surface area contributed by atoms with Crippen LogP contribution < -0.4 is 0 Å². The Hall–Kier alpha value is -1.22. The third kappa shape index (κ3) is 1.75. The number of rotatable bonds is 1. The third-order valence-corrected chi connectivity index (χ3v) is 2.58. The fraction of sp³-hybridized carbons (Fsp3) is 0. The van der Waals surface area contributed by atoms with Crippen molar-refractivity contribution < 1.29 is 4.39 Å². The molecule has 0 aliphatic rings. The maximum absolute atomic E-state index is 12.6. The van der Waals surface area contributed by atoms with Gasteiger partial charge in [-0.3, -0.25) is 0 Å². The van der Waals surface area contributed by atoms with Gasteiger partial charge in [-0.1, -0.05) is 0 Å². The van der Waals surface area contributed by atoms with Gasteiger partial charge in [0, 0.05) is 10.9 Å². The van der Waals surface area contributed by atoms with Gasteiger partial charge >= 0.3 is 0 Å². The highest BCUT2D eigenvalue weighted by Crippen LogP contribution is 2.23. The van der Waals surface area contributed by atoms with Crippen molar-refractivity contribution in [3.05, 3.63) is 48.1 Å². The Kier molecular flexibility index (Phi) is 2.10. The molecule has 0 atom stereocenters. The summed E-state index contributed by atoms with van der Waals surface area (Å²) < 4.78 is 12.6. The molecule has 0 unspecified atom stereocenters. The first-order valence-corrected chi connectivity index (χ1v) is 4.67. The zero-order valence-electron chi connectivity index (χ0n) is 6.83. The Bertz CT molecular complexity index is 405. The highest BCUT2D eigenvalue weighted by Gasteiger charge is 2.01. The van der Waals surface area contributed by atoms with Crippen molar-refractivity contribution >= 4 is 11.3 Å². The predicted octanol–water partition coefficient (Wildman–Crippen LogP) is 3.13. The second kappa shape index (κ2) is 3.26. The van der Waals surface area contributed by atoms with E-state index in [1.807, 2.05) is 5.38 Å². The summed E-state index contributed by atoms with van der Waals surface area (Å²) in [6, 6.07) is 6.29. The summed E-state index contributed by atoms with van der Waals surface area (Å²) in [5.41, 5.74) is 1.69. The lowest BCUT2D eigenvalue weighted by Crippen LogP contribution is -1.77. The zero-order valence-corrected chi connectivity index (χ0v) is 7.64. The van der Waals surface area contributed by atoms with Gasteiger partial charge in [-0.2, -0.15) is 0 Å². The van der Waals surface area contributed by atoms with E-state index in [2.05, 4.69) is 11.9 Å². The van der Waals surface area contributed by atoms with Crippen molar-refractivity contribution in [2.24, 2.45) is 0 Å². The van der Waals surface area contributed by atoms with Crippen LogP contribution in [0.2, 0.25) is 0 Å². The van der Waals surface area contributed by atoms with Crippen molar-refractivity contribution in [2.75, 3.05) is 0 Å². The summed E-state index contributed by atoms with van der Waals surface area (Å²) in [5.74, 6) is -0.227. The highest BCUT2D eigenvalue weighted by atomic mass is 32.1. The molecule has 0 fully saturated rings. The Labute approximate surface area is 79.9 Å². The van der Waals surface area contributed by atoms with E-state index >= 15 is 0 Å². The largest absolute Gasteiger partial charge is 0.241 e. The minimum absolute atomic E-state index is 0.227. The van der Waals surface area contributed by atoms with Crippen molar-refractivity contribution in [2.45, 2.75) is 0 Å². The molecule has 0 aliphatic carbocycles. The number of aromatic nitrogens is 1. The number of halogens is 1. The van der Waals surface area contributed by atoms with E-state index < -0.39 is 0 Å². The molecule has 0 amide bonds. The molecule has 3 heteroatoms. The average Bonchev–Trinajstić information content (AvgIpc) is 2.53. The molecule has 65 valence electrons. The normalized spacial score (nSPS) is 10.3. The van der Waals surface area contributed by atoms with Crippen LogP contribution in [-0.4, -0.2) is 4.98 Å². The molecule has 0 aliphatic heterocycles. The minimum Gasteiger partial charge on any atom is -0.241 e. The van der Waals surface area contributed by atoms with Crippen LogP contribution in [0.15, 0.2) is 29.6 Å². The molecule has 1 heterocycles. The second-order valence-corrected chi connectivity index (χ2v) is 3.51. The zero-order chi connectivity index (χ0) is 9.26. The van der Waals surface area contributed by atoms with E-state index in [1.165, 1.54) is 23.5 Å². The van der Waals surface area contributed by atoms with Crippen molar-refractivity contribution in [1.82, 2.24) is 4.98 Å². The van der Waals surface area contributed by atoms with Crippen LogP contribution in [0.5, 0.6) is 0 Å². The average molecular weight is 192 g/mol. The van der Waals surface area contributed by atoms with Crippen molar-refractivity contribution in [3.63, 3.8) is 0 Å². The first kappa shape index (κ1) is 8.38. The van der Waals surface area contributed by atoms with Crippen LogP contribution in [0.3, 0.4) is 0 Å². The Morgan fingerprint density at radius 2 is 1.92 bits per heavy atom. The summed E-state index contributed by atoms with van der Waals surface area (Å²) in [4.78, 5) is 4.20. The van der Waals surface area contributed by atoms with Gasteiger partial charge in [0.1, 0.15) is 10.8 Å². The fourth-order valence-electron chi connectivity index (χ4n) is 1.03. The van der Waals surface area contributed by atoms with Gasteiger partial charge in [0.15, 0.2) is 0 Å². The number of hydrogen-bond acceptors (Lipinski definition) is 2. The monoisotopic (exact) mass is 192 g/mol. The molecule has 2 rings (SSSR count). The topological polar surface area (TPSA) is 12.9 Å². The van der Waals surface area contributed by atoms with Gasteiger partial charge in [0.2, 0.25) is 0 Å². The van der Waals surface area contributed by atoms with Gasteiger partial charge in [0.05, 0.1) is 5.69 Å². The molecule has 0 spiro atoms. The van der Waals surface area contributed by atoms with Gasteiger partial charge in [-0.05, 0) is 31.2 Å². The molecule has 0 bridgehead atoms. The molecule has 2 aromatic rings. The number of hydrogen-bond donors (Lipinski definition) is 0. The highest BCUT2D eigenvalue weighted by molar-refractivity contribution is 7.13. The molecular formula is C10H7FNS. The van der Waals surface area contributed by atoms with E-state index in [4.69, 9.17) is 0 Å². The van der Waals surface area contributed by atoms with E-state index in [9.17, 15) is 4.39 Å². The lowest BCUT2D eigenvalue weighted by Gasteiger charge is -1.94. The van der Waals surface area contributed by atoms with Crippen LogP contribution >= 0.6 is 11.3 Å². The standard InChI is InChI=1S/C10H7FNS/c1-7-6-13-10(12-7)8-2-4-9(11)5-3-8/h2-6H,1H2. The van der Waals surface area contributed by atoms with Crippen molar-refractivity contribution in [3.8, 4) is 10.6 Å². The summed E-state index contributed by atoms with van der Waals surface area (Å²) in [6.07, 6.45) is 0. The van der Waals surface area contributed by atoms with E-state index in [1.54, 1.807) is 12.1 Å². The maximum Gasteiger partial charge on any atom is 0.123 e. The molecule has 0 saturated heterocycles. The Morgan fingerprint density at radius 3 is 2.46 bits per heavy atom. The van der Waals surface area contributed by atoms with E-state index in [0.717, 1.165) is 16.3 Å². The van der Waals surface area contributed by atoms with Crippen LogP contribution in [0, 0.1) is 12.7 Å². The molecule has 1 aromatic heterocycles. The summed E-state index contributed by atoms with van der Waals surface area (Å²) in [6.45, 7) is 3.71. The summed E-state index contributed by atoms with van der Waals surface area (Å²) in [5, 5.41) is 2.75. The SMILES string of the molecule is [CH2]c1csc(-c2ccc(F)cc2)n1. The quantitative estimate of drug-likeness (QED) is 0.676. The Balaban J connectivity index is 2.41. The molecule has 1 radical (unpaired) electrons. The van der Waals surface area contributed by atoms with E-state index in [0.29, 0.717) is 0 Å². The minimum atomic E-state index is -0.227. The first-order valence-electron chi connectivity index (χ1n) is 3.79. The van der Waals surface area contributed by atoms with Crippen molar-refractivity contribution in [1.29, 1.82) is 0 Å². The van der Waals surface area contributed by atoms with Gasteiger partial charge in [-0.25, -0.2) is 9.37 Å². The lowest BCUT2D eigenvalue weighted by molar-refractivity contribution is 0.628. The number of nitrogens with zero attached hydrogens (tertiary/aromatic N) is 1. The molecule has 13 heavy (non-hydrogen) atoms. The maximum atomic E-state index is 12.6. The van der Waals surface area contributed by atoms with Gasteiger partial charge in [0.25, 0.3) is 0 Å².